The van der Waals surface area contributed by atoms with E-state index in [9.17, 15) is 0 Å². The van der Waals surface area contributed by atoms with Gasteiger partial charge in [-0.25, -0.2) is 0 Å². The SMILES string of the molecule is COc1ccc2ccccc2c1CN1CC(COc2cncc(Cl)n2)C1. The van der Waals surface area contributed by atoms with Crippen molar-refractivity contribution < 1.29 is 9.47 Å². The smallest absolute Gasteiger partial charge is 0.233 e. The molecule has 0 bridgehead atoms. The standard InChI is InChI=1S/C20H20ClN3O2/c1-25-18-7-6-15-4-2-3-5-16(15)17(18)12-24-10-14(11-24)13-26-20-9-22-8-19(21)23-20/h2-9,14H,10-13H2,1H3. The first-order valence-corrected chi connectivity index (χ1v) is 8.98. The van der Waals surface area contributed by atoms with Crippen LogP contribution in [-0.2, 0) is 6.54 Å². The minimum Gasteiger partial charge on any atom is -0.496 e. The van der Waals surface area contributed by atoms with Gasteiger partial charge in [0.2, 0.25) is 5.88 Å². The van der Waals surface area contributed by atoms with Gasteiger partial charge in [0.05, 0.1) is 26.1 Å². The molecule has 26 heavy (non-hydrogen) atoms. The topological polar surface area (TPSA) is 47.5 Å². The van der Waals surface area contributed by atoms with Crippen molar-refractivity contribution in [1.82, 2.24) is 14.9 Å². The minimum atomic E-state index is 0.348. The summed E-state index contributed by atoms with van der Waals surface area (Å²) in [5.41, 5.74) is 1.24. The van der Waals surface area contributed by atoms with Crippen LogP contribution in [0, 0.1) is 5.92 Å². The molecule has 1 aliphatic rings. The summed E-state index contributed by atoms with van der Waals surface area (Å²) in [4.78, 5) is 10.5. The van der Waals surface area contributed by atoms with Gasteiger partial charge in [-0.15, -0.1) is 0 Å². The zero-order valence-electron chi connectivity index (χ0n) is 14.6. The Balaban J connectivity index is 1.37. The molecule has 0 N–H and O–H groups in total. The van der Waals surface area contributed by atoms with E-state index in [2.05, 4.69) is 51.3 Å². The van der Waals surface area contributed by atoms with Crippen LogP contribution in [0.3, 0.4) is 0 Å². The molecule has 1 aliphatic heterocycles. The molecule has 0 saturated carbocycles. The van der Waals surface area contributed by atoms with Gasteiger partial charge in [0.1, 0.15) is 5.75 Å². The van der Waals surface area contributed by atoms with Crippen molar-refractivity contribution in [3.63, 3.8) is 0 Å². The maximum atomic E-state index is 5.82. The van der Waals surface area contributed by atoms with Crippen LogP contribution >= 0.6 is 11.6 Å². The Kier molecular flexibility index (Phi) is 4.91. The number of nitrogens with zero attached hydrogens (tertiary/aromatic N) is 3. The largest absolute Gasteiger partial charge is 0.496 e. The van der Waals surface area contributed by atoms with Crippen LogP contribution in [0.1, 0.15) is 5.56 Å². The van der Waals surface area contributed by atoms with Crippen molar-refractivity contribution >= 4 is 22.4 Å². The van der Waals surface area contributed by atoms with Crippen LogP contribution in [0.5, 0.6) is 11.6 Å². The summed E-state index contributed by atoms with van der Waals surface area (Å²) >= 11 is 5.82. The van der Waals surface area contributed by atoms with Gasteiger partial charge >= 0.3 is 0 Å². The predicted molar refractivity (Wildman–Crippen MR) is 102 cm³/mol. The van der Waals surface area contributed by atoms with E-state index in [-0.39, 0.29) is 0 Å². The van der Waals surface area contributed by atoms with Crippen molar-refractivity contribution in [2.75, 3.05) is 26.8 Å². The third kappa shape index (κ3) is 3.59. The maximum absolute atomic E-state index is 5.82. The number of methoxy groups -OCH3 is 1. The van der Waals surface area contributed by atoms with Crippen molar-refractivity contribution in [2.24, 2.45) is 5.92 Å². The molecule has 1 aromatic heterocycles. The van der Waals surface area contributed by atoms with Gasteiger partial charge in [-0.1, -0.05) is 41.9 Å². The van der Waals surface area contributed by atoms with Crippen LogP contribution in [0.2, 0.25) is 5.15 Å². The number of fused-ring (bicyclic) bond motifs is 1. The maximum Gasteiger partial charge on any atom is 0.233 e. The second kappa shape index (κ2) is 7.48. The van der Waals surface area contributed by atoms with E-state index >= 15 is 0 Å². The summed E-state index contributed by atoms with van der Waals surface area (Å²) in [5.74, 6) is 1.90. The third-order valence-electron chi connectivity index (χ3n) is 4.68. The number of likely N-dealkylation sites (tertiary alicyclic amines) is 1. The number of hydrogen-bond donors (Lipinski definition) is 0. The van der Waals surface area contributed by atoms with Crippen LogP contribution < -0.4 is 9.47 Å². The molecule has 1 fully saturated rings. The van der Waals surface area contributed by atoms with Gasteiger partial charge in [-0.05, 0) is 16.8 Å². The van der Waals surface area contributed by atoms with Gasteiger partial charge in [-0.3, -0.25) is 9.88 Å². The molecule has 0 amide bonds. The Labute approximate surface area is 157 Å². The summed E-state index contributed by atoms with van der Waals surface area (Å²) in [5, 5.41) is 2.84. The van der Waals surface area contributed by atoms with Gasteiger partial charge in [0, 0.05) is 31.1 Å². The first kappa shape index (κ1) is 17.1. The Morgan fingerprint density at radius 1 is 1.15 bits per heavy atom. The fourth-order valence-corrected chi connectivity index (χ4v) is 3.54. The molecule has 134 valence electrons. The van der Waals surface area contributed by atoms with E-state index in [4.69, 9.17) is 21.1 Å². The van der Waals surface area contributed by atoms with E-state index in [0.29, 0.717) is 23.6 Å². The van der Waals surface area contributed by atoms with Crippen molar-refractivity contribution in [2.45, 2.75) is 6.54 Å². The molecular formula is C20H20ClN3O2. The molecule has 0 aliphatic carbocycles. The normalized spacial score (nSPS) is 15.0. The van der Waals surface area contributed by atoms with E-state index in [1.807, 2.05) is 0 Å². The quantitative estimate of drug-likeness (QED) is 0.661. The Hall–Kier alpha value is -2.37. The second-order valence-corrected chi connectivity index (χ2v) is 6.91. The molecule has 4 rings (SSSR count). The van der Waals surface area contributed by atoms with Gasteiger partial charge in [0.25, 0.3) is 0 Å². The summed E-state index contributed by atoms with van der Waals surface area (Å²) in [7, 11) is 1.73. The van der Waals surface area contributed by atoms with Gasteiger partial charge < -0.3 is 9.47 Å². The molecule has 0 unspecified atom stereocenters. The Morgan fingerprint density at radius 3 is 2.81 bits per heavy atom. The highest BCUT2D eigenvalue weighted by Crippen LogP contribution is 2.31. The summed E-state index contributed by atoms with van der Waals surface area (Å²) in [6, 6.07) is 12.6. The monoisotopic (exact) mass is 369 g/mol. The lowest BCUT2D eigenvalue weighted by molar-refractivity contribution is 0.0540. The van der Waals surface area contributed by atoms with Gasteiger partial charge in [0.15, 0.2) is 5.15 Å². The first-order valence-electron chi connectivity index (χ1n) is 8.60. The minimum absolute atomic E-state index is 0.348. The zero-order valence-corrected chi connectivity index (χ0v) is 15.3. The first-order chi connectivity index (χ1) is 12.7. The summed E-state index contributed by atoms with van der Waals surface area (Å²) in [6.45, 7) is 3.47. The van der Waals surface area contributed by atoms with E-state index in [1.165, 1.54) is 22.5 Å². The molecule has 3 aromatic rings. The molecule has 6 heteroatoms. The van der Waals surface area contributed by atoms with Crippen LogP contribution in [0.15, 0.2) is 48.8 Å². The van der Waals surface area contributed by atoms with E-state index in [1.54, 1.807) is 13.3 Å². The van der Waals surface area contributed by atoms with Gasteiger partial charge in [-0.2, -0.15) is 4.98 Å². The van der Waals surface area contributed by atoms with Crippen molar-refractivity contribution in [3.8, 4) is 11.6 Å². The average Bonchev–Trinajstić information content (AvgIpc) is 2.63. The summed E-state index contributed by atoms with van der Waals surface area (Å²) < 4.78 is 11.3. The molecular weight excluding hydrogens is 350 g/mol. The number of ether oxygens (including phenoxy) is 2. The second-order valence-electron chi connectivity index (χ2n) is 6.52. The zero-order chi connectivity index (χ0) is 17.9. The van der Waals surface area contributed by atoms with Crippen LogP contribution in [0.4, 0.5) is 0 Å². The number of aromatic nitrogens is 2. The highest BCUT2D eigenvalue weighted by atomic mass is 35.5. The number of benzene rings is 2. The predicted octanol–water partition coefficient (Wildman–Crippen LogP) is 3.80. The number of rotatable bonds is 6. The lowest BCUT2D eigenvalue weighted by Crippen LogP contribution is -2.48. The van der Waals surface area contributed by atoms with E-state index < -0.39 is 0 Å². The fourth-order valence-electron chi connectivity index (χ4n) is 3.40. The highest BCUT2D eigenvalue weighted by molar-refractivity contribution is 6.29. The molecule has 1 saturated heterocycles. The average molecular weight is 370 g/mol. The Morgan fingerprint density at radius 2 is 2.00 bits per heavy atom. The van der Waals surface area contributed by atoms with E-state index in [0.717, 1.165) is 25.4 Å². The number of halogens is 1. The molecule has 5 nitrogen and oxygen atoms in total. The summed E-state index contributed by atoms with van der Waals surface area (Å²) in [6.07, 6.45) is 3.08. The molecule has 0 radical (unpaired) electrons. The fraction of sp³-hybridized carbons (Fsp3) is 0.300. The molecule has 0 atom stereocenters. The van der Waals surface area contributed by atoms with Crippen LogP contribution in [0.25, 0.3) is 10.8 Å². The lowest BCUT2D eigenvalue weighted by atomic mass is 9.97. The Bertz CT molecular complexity index is 912. The molecule has 2 aromatic carbocycles. The van der Waals surface area contributed by atoms with Crippen molar-refractivity contribution in [3.05, 3.63) is 59.5 Å². The van der Waals surface area contributed by atoms with Crippen LogP contribution in [-0.4, -0.2) is 41.7 Å². The number of hydrogen-bond acceptors (Lipinski definition) is 5. The molecule has 0 spiro atoms. The lowest BCUT2D eigenvalue weighted by Gasteiger charge is -2.39. The molecule has 2 heterocycles. The van der Waals surface area contributed by atoms with Crippen molar-refractivity contribution in [1.29, 1.82) is 0 Å². The highest BCUT2D eigenvalue weighted by Gasteiger charge is 2.28. The third-order valence-corrected chi connectivity index (χ3v) is 4.86.